The highest BCUT2D eigenvalue weighted by Gasteiger charge is 2.34. The Morgan fingerprint density at radius 3 is 2.64 bits per heavy atom. The normalized spacial score (nSPS) is 17.8. The number of nitrogens with zero attached hydrogens (tertiary/aromatic N) is 5. The van der Waals surface area contributed by atoms with E-state index in [4.69, 9.17) is 14.6 Å². The molecule has 1 aliphatic heterocycles. The Kier molecular flexibility index (Phi) is 7.99. The van der Waals surface area contributed by atoms with Crippen molar-refractivity contribution in [2.45, 2.75) is 90.5 Å². The van der Waals surface area contributed by atoms with Gasteiger partial charge < -0.3 is 14.8 Å². The summed E-state index contributed by atoms with van der Waals surface area (Å²) in [4.78, 5) is 23.9. The summed E-state index contributed by atoms with van der Waals surface area (Å²) in [7, 11) is 0.659. The van der Waals surface area contributed by atoms with E-state index in [0.717, 1.165) is 42.8 Å². The monoisotopic (exact) mass is 476 g/mol. The smallest absolute Gasteiger partial charge is 0.410 e. The molecular formula is C23H40N6O3Si. The summed E-state index contributed by atoms with van der Waals surface area (Å²) in [6.07, 6.45) is 5.10. The topological polar surface area (TPSA) is 94.4 Å². The number of likely N-dealkylation sites (tertiary alicyclic amines) is 1. The van der Waals surface area contributed by atoms with E-state index in [9.17, 15) is 4.79 Å². The Bertz CT molecular complexity index is 950. The van der Waals surface area contributed by atoms with Crippen LogP contribution in [0.2, 0.25) is 25.7 Å². The summed E-state index contributed by atoms with van der Waals surface area (Å²) in [5.41, 5.74) is 0.959. The second kappa shape index (κ2) is 10.4. The average Bonchev–Trinajstić information content (AvgIpc) is 2.91. The number of ether oxygens (including phenoxy) is 2. The van der Waals surface area contributed by atoms with Crippen LogP contribution in [0.4, 0.5) is 10.6 Å². The van der Waals surface area contributed by atoms with Gasteiger partial charge in [0, 0.05) is 28.3 Å². The van der Waals surface area contributed by atoms with Crippen molar-refractivity contribution >= 4 is 31.0 Å². The second-order valence-corrected chi connectivity index (χ2v) is 16.6. The summed E-state index contributed by atoms with van der Waals surface area (Å²) in [5.74, 6) is 0.705. The van der Waals surface area contributed by atoms with E-state index >= 15 is 0 Å². The minimum atomic E-state index is -1.18. The predicted molar refractivity (Wildman–Crippen MR) is 133 cm³/mol. The van der Waals surface area contributed by atoms with Gasteiger partial charge in [-0.3, -0.25) is 4.90 Å². The molecule has 0 spiro atoms. The van der Waals surface area contributed by atoms with Crippen LogP contribution in [0.15, 0.2) is 6.33 Å². The van der Waals surface area contributed by atoms with Crippen molar-refractivity contribution in [3.63, 3.8) is 0 Å². The van der Waals surface area contributed by atoms with Crippen LogP contribution in [0.1, 0.15) is 58.2 Å². The number of nitrogens with one attached hydrogen (secondary N) is 1. The van der Waals surface area contributed by atoms with Crippen molar-refractivity contribution in [3.8, 4) is 0 Å². The van der Waals surface area contributed by atoms with E-state index in [2.05, 4.69) is 34.9 Å². The van der Waals surface area contributed by atoms with Gasteiger partial charge in [0.2, 0.25) is 0 Å². The zero-order chi connectivity index (χ0) is 24.2. The molecule has 0 aliphatic carbocycles. The molecule has 3 rings (SSSR count). The third kappa shape index (κ3) is 6.66. The number of anilines is 1. The van der Waals surface area contributed by atoms with Crippen molar-refractivity contribution in [3.05, 3.63) is 12.0 Å². The molecule has 10 heteroatoms. The summed E-state index contributed by atoms with van der Waals surface area (Å²) < 4.78 is 13.5. The Morgan fingerprint density at radius 2 is 1.97 bits per heavy atom. The molecule has 0 radical (unpaired) electrons. The number of fused-ring (bicyclic) bond motifs is 1. The molecule has 1 unspecified atom stereocenters. The molecule has 0 aromatic carbocycles. The van der Waals surface area contributed by atoms with Crippen molar-refractivity contribution in [2.24, 2.45) is 0 Å². The first-order chi connectivity index (χ1) is 15.5. The summed E-state index contributed by atoms with van der Waals surface area (Å²) in [6, 6.07) is 0.886. The van der Waals surface area contributed by atoms with Gasteiger partial charge in [-0.05, 0) is 39.7 Å². The lowest BCUT2D eigenvalue weighted by atomic mass is 10.0. The second-order valence-electron chi connectivity index (χ2n) is 10.9. The van der Waals surface area contributed by atoms with E-state index < -0.39 is 13.7 Å². The fourth-order valence-corrected chi connectivity index (χ4v) is 4.77. The van der Waals surface area contributed by atoms with Crippen molar-refractivity contribution in [2.75, 3.05) is 25.5 Å². The van der Waals surface area contributed by atoms with E-state index in [-0.39, 0.29) is 12.1 Å². The Morgan fingerprint density at radius 1 is 1.21 bits per heavy atom. The molecule has 184 valence electrons. The third-order valence-corrected chi connectivity index (χ3v) is 7.40. The minimum absolute atomic E-state index is 0.203. The Balaban J connectivity index is 1.97. The molecule has 1 fully saturated rings. The number of hydrogen-bond acceptors (Lipinski definition) is 7. The zero-order valence-corrected chi connectivity index (χ0v) is 22.3. The van der Waals surface area contributed by atoms with Gasteiger partial charge in [0.1, 0.15) is 24.5 Å². The van der Waals surface area contributed by atoms with Crippen LogP contribution in [-0.4, -0.2) is 64.6 Å². The number of aromatic nitrogens is 4. The third-order valence-electron chi connectivity index (χ3n) is 5.70. The highest BCUT2D eigenvalue weighted by atomic mass is 28.3. The molecule has 1 saturated heterocycles. The first-order valence-corrected chi connectivity index (χ1v) is 15.7. The number of rotatable bonds is 7. The van der Waals surface area contributed by atoms with Gasteiger partial charge in [0.25, 0.3) is 0 Å². The van der Waals surface area contributed by atoms with Crippen molar-refractivity contribution in [1.82, 2.24) is 24.6 Å². The lowest BCUT2D eigenvalue weighted by molar-refractivity contribution is 0.0158. The molecule has 2 aromatic heterocycles. The van der Waals surface area contributed by atoms with Gasteiger partial charge in [-0.1, -0.05) is 32.5 Å². The summed E-state index contributed by atoms with van der Waals surface area (Å²) >= 11 is 0. The molecular weight excluding hydrogens is 436 g/mol. The Hall–Kier alpha value is -2.20. The summed E-state index contributed by atoms with van der Waals surface area (Å²) in [6.45, 7) is 14.4. The van der Waals surface area contributed by atoms with E-state index in [1.54, 1.807) is 4.68 Å². The molecule has 2 aromatic rings. The first-order valence-electron chi connectivity index (χ1n) is 12.0. The molecule has 0 bridgehead atoms. The fraction of sp³-hybridized carbons (Fsp3) is 0.739. The lowest BCUT2D eigenvalue weighted by Gasteiger charge is -2.31. The van der Waals surface area contributed by atoms with Crippen LogP contribution < -0.4 is 5.32 Å². The average molecular weight is 477 g/mol. The van der Waals surface area contributed by atoms with E-state index in [1.807, 2.05) is 32.7 Å². The minimum Gasteiger partial charge on any atom is -0.444 e. The molecule has 9 nitrogen and oxygen atoms in total. The Labute approximate surface area is 198 Å². The van der Waals surface area contributed by atoms with Crippen LogP contribution >= 0.6 is 0 Å². The fourth-order valence-electron chi connectivity index (χ4n) is 4.01. The number of hydrogen-bond donors (Lipinski definition) is 1. The standard InChI is InChI=1S/C23H40N6O3Si/c1-23(2,3)32-22(30)28-12-10-8-9-11-17(28)19-18-20(24-4)25-15-26-21(18)29(27-19)16-31-13-14-33(5,6)7/h15,17H,8-14,16H2,1-7H3,(H,24,25,26). The highest BCUT2D eigenvalue weighted by Crippen LogP contribution is 2.36. The van der Waals surface area contributed by atoms with Gasteiger partial charge in [0.15, 0.2) is 5.65 Å². The molecule has 1 atom stereocenters. The zero-order valence-electron chi connectivity index (χ0n) is 21.3. The number of amides is 1. The maximum absolute atomic E-state index is 13.2. The largest absolute Gasteiger partial charge is 0.444 e. The van der Waals surface area contributed by atoms with Gasteiger partial charge in [-0.15, -0.1) is 0 Å². The molecule has 0 saturated carbocycles. The maximum Gasteiger partial charge on any atom is 0.410 e. The SMILES string of the molecule is CNc1ncnc2c1c(C1CCCCCN1C(=O)OC(C)(C)C)nn2COCC[Si](C)(C)C. The molecule has 1 N–H and O–H groups in total. The van der Waals surface area contributed by atoms with Crippen LogP contribution in [0.5, 0.6) is 0 Å². The maximum atomic E-state index is 13.2. The molecule has 33 heavy (non-hydrogen) atoms. The van der Waals surface area contributed by atoms with Crippen molar-refractivity contribution < 1.29 is 14.3 Å². The van der Waals surface area contributed by atoms with Crippen LogP contribution in [0.25, 0.3) is 11.0 Å². The molecule has 1 amide bonds. The first kappa shape index (κ1) is 25.4. The van der Waals surface area contributed by atoms with E-state index in [1.165, 1.54) is 6.33 Å². The quantitative estimate of drug-likeness (QED) is 0.442. The molecule has 1 aliphatic rings. The van der Waals surface area contributed by atoms with Gasteiger partial charge >= 0.3 is 6.09 Å². The van der Waals surface area contributed by atoms with E-state index in [0.29, 0.717) is 31.3 Å². The van der Waals surface area contributed by atoms with Gasteiger partial charge in [-0.25, -0.2) is 19.4 Å². The summed E-state index contributed by atoms with van der Waals surface area (Å²) in [5, 5.41) is 8.95. The number of carbonyl (C=O) groups is 1. The van der Waals surface area contributed by atoms with Gasteiger partial charge in [-0.2, -0.15) is 5.10 Å². The highest BCUT2D eigenvalue weighted by molar-refractivity contribution is 6.76. The van der Waals surface area contributed by atoms with Crippen LogP contribution in [0, 0.1) is 0 Å². The van der Waals surface area contributed by atoms with Crippen molar-refractivity contribution in [1.29, 1.82) is 0 Å². The molecule has 3 heterocycles. The van der Waals surface area contributed by atoms with Crippen LogP contribution in [-0.2, 0) is 16.2 Å². The van der Waals surface area contributed by atoms with Gasteiger partial charge in [0.05, 0.1) is 17.1 Å². The number of carbonyl (C=O) groups excluding carboxylic acids is 1. The van der Waals surface area contributed by atoms with Crippen LogP contribution in [0.3, 0.4) is 0 Å². The lowest BCUT2D eigenvalue weighted by Crippen LogP contribution is -2.39. The predicted octanol–water partition coefficient (Wildman–Crippen LogP) is 5.03.